The van der Waals surface area contributed by atoms with Crippen LogP contribution in [0.4, 0.5) is 0 Å². The summed E-state index contributed by atoms with van der Waals surface area (Å²) in [7, 11) is 1.93. The van der Waals surface area contributed by atoms with E-state index >= 15 is 0 Å². The van der Waals surface area contributed by atoms with E-state index in [0.717, 1.165) is 12.8 Å². The van der Waals surface area contributed by atoms with Crippen LogP contribution in [0.2, 0.25) is 0 Å². The predicted octanol–water partition coefficient (Wildman–Crippen LogP) is 1.57. The predicted molar refractivity (Wildman–Crippen MR) is 64.9 cm³/mol. The van der Waals surface area contributed by atoms with Crippen LogP contribution >= 0.6 is 0 Å². The second kappa shape index (κ2) is 4.84. The van der Waals surface area contributed by atoms with Crippen molar-refractivity contribution >= 4 is 5.97 Å². The van der Waals surface area contributed by atoms with E-state index < -0.39 is 11.4 Å². The van der Waals surface area contributed by atoms with Crippen LogP contribution in [0.15, 0.2) is 24.4 Å². The maximum atomic E-state index is 11.6. The van der Waals surface area contributed by atoms with Crippen LogP contribution in [0.25, 0.3) is 0 Å². The lowest BCUT2D eigenvalue weighted by molar-refractivity contribution is -0.145. The zero-order valence-corrected chi connectivity index (χ0v) is 10.0. The van der Waals surface area contributed by atoms with Gasteiger partial charge in [0.05, 0.1) is 5.69 Å². The molecule has 1 aromatic heterocycles. The van der Waals surface area contributed by atoms with Gasteiger partial charge in [-0.3, -0.25) is 9.78 Å². The highest BCUT2D eigenvalue weighted by Gasteiger charge is 2.44. The molecule has 4 heteroatoms. The average Bonchev–Trinajstić information content (AvgIpc) is 2.39. The molecule has 0 aliphatic heterocycles. The van der Waals surface area contributed by atoms with Crippen LogP contribution in [0.3, 0.4) is 0 Å². The number of aromatic nitrogens is 1. The monoisotopic (exact) mass is 234 g/mol. The Hall–Kier alpha value is -1.42. The van der Waals surface area contributed by atoms with Crippen molar-refractivity contribution in [2.45, 2.75) is 37.1 Å². The van der Waals surface area contributed by atoms with Gasteiger partial charge in [-0.2, -0.15) is 0 Å². The average molecular weight is 234 g/mol. The standard InChI is InChI=1S/C13H18N2O2/c1-14-10-5-7-13(8-6-10,12(16)17)11-4-2-3-9-15-11/h2-4,9-10,14H,5-8H2,1H3,(H,16,17). The molecule has 0 radical (unpaired) electrons. The number of carboxylic acids is 1. The Morgan fingerprint density at radius 1 is 1.47 bits per heavy atom. The van der Waals surface area contributed by atoms with Gasteiger partial charge in [0.25, 0.3) is 0 Å². The topological polar surface area (TPSA) is 62.2 Å². The lowest BCUT2D eigenvalue weighted by atomic mass is 9.70. The van der Waals surface area contributed by atoms with Gasteiger partial charge in [-0.05, 0) is 44.9 Å². The summed E-state index contributed by atoms with van der Waals surface area (Å²) in [5.41, 5.74) is -0.0868. The molecule has 0 saturated heterocycles. The quantitative estimate of drug-likeness (QED) is 0.833. The summed E-state index contributed by atoms with van der Waals surface area (Å²) in [6.07, 6.45) is 4.76. The molecule has 1 aromatic rings. The molecule has 2 N–H and O–H groups in total. The normalized spacial score (nSPS) is 28.9. The number of nitrogens with one attached hydrogen (secondary N) is 1. The molecule has 0 amide bonds. The Kier molecular flexibility index (Phi) is 3.43. The van der Waals surface area contributed by atoms with E-state index in [4.69, 9.17) is 0 Å². The Morgan fingerprint density at radius 3 is 2.65 bits per heavy atom. The highest BCUT2D eigenvalue weighted by Crippen LogP contribution is 2.38. The van der Waals surface area contributed by atoms with Crippen LogP contribution in [0.1, 0.15) is 31.4 Å². The van der Waals surface area contributed by atoms with Crippen LogP contribution < -0.4 is 5.32 Å². The first-order chi connectivity index (χ1) is 8.19. The van der Waals surface area contributed by atoms with Crippen LogP contribution in [-0.4, -0.2) is 29.1 Å². The maximum absolute atomic E-state index is 11.6. The lowest BCUT2D eigenvalue weighted by Gasteiger charge is -2.36. The van der Waals surface area contributed by atoms with Crippen LogP contribution in [0, 0.1) is 0 Å². The molecule has 0 unspecified atom stereocenters. The molecule has 1 aliphatic rings. The summed E-state index contributed by atoms with van der Waals surface area (Å²) in [5, 5.41) is 12.8. The number of carbonyl (C=O) groups is 1. The van der Waals surface area contributed by atoms with Crippen molar-refractivity contribution in [2.24, 2.45) is 0 Å². The summed E-state index contributed by atoms with van der Waals surface area (Å²) in [6.45, 7) is 0. The summed E-state index contributed by atoms with van der Waals surface area (Å²) >= 11 is 0. The van der Waals surface area contributed by atoms with E-state index in [9.17, 15) is 9.90 Å². The molecule has 1 saturated carbocycles. The molecular formula is C13H18N2O2. The Labute approximate surface area is 101 Å². The summed E-state index contributed by atoms with van der Waals surface area (Å²) in [5.74, 6) is -0.745. The highest BCUT2D eigenvalue weighted by molar-refractivity contribution is 5.80. The largest absolute Gasteiger partial charge is 0.481 e. The zero-order chi connectivity index (χ0) is 12.3. The van der Waals surface area contributed by atoms with Crippen molar-refractivity contribution in [2.75, 3.05) is 7.05 Å². The number of nitrogens with zero attached hydrogens (tertiary/aromatic N) is 1. The fraction of sp³-hybridized carbons (Fsp3) is 0.538. The number of hydrogen-bond donors (Lipinski definition) is 2. The van der Waals surface area contributed by atoms with E-state index in [2.05, 4.69) is 10.3 Å². The molecule has 4 nitrogen and oxygen atoms in total. The third-order valence-electron chi connectivity index (χ3n) is 3.81. The van der Waals surface area contributed by atoms with E-state index in [1.807, 2.05) is 25.2 Å². The van der Waals surface area contributed by atoms with Crippen molar-refractivity contribution in [3.05, 3.63) is 30.1 Å². The third-order valence-corrected chi connectivity index (χ3v) is 3.81. The van der Waals surface area contributed by atoms with Gasteiger partial charge in [-0.25, -0.2) is 0 Å². The Morgan fingerprint density at radius 2 is 2.18 bits per heavy atom. The van der Waals surface area contributed by atoms with Gasteiger partial charge in [-0.1, -0.05) is 6.07 Å². The Bertz CT molecular complexity index is 384. The minimum Gasteiger partial charge on any atom is -0.481 e. The molecule has 0 aromatic carbocycles. The molecule has 0 spiro atoms. The lowest BCUT2D eigenvalue weighted by Crippen LogP contribution is -2.44. The van der Waals surface area contributed by atoms with E-state index in [0.29, 0.717) is 24.6 Å². The van der Waals surface area contributed by atoms with Gasteiger partial charge in [-0.15, -0.1) is 0 Å². The number of pyridine rings is 1. The van der Waals surface area contributed by atoms with Crippen molar-refractivity contribution < 1.29 is 9.90 Å². The van der Waals surface area contributed by atoms with Crippen molar-refractivity contribution in [1.29, 1.82) is 0 Å². The molecule has 0 atom stereocenters. The van der Waals surface area contributed by atoms with Gasteiger partial charge >= 0.3 is 5.97 Å². The first-order valence-electron chi connectivity index (χ1n) is 6.01. The first kappa shape index (κ1) is 12.0. The number of carboxylic acid groups (broad SMARTS) is 1. The highest BCUT2D eigenvalue weighted by atomic mass is 16.4. The maximum Gasteiger partial charge on any atom is 0.315 e. The first-order valence-corrected chi connectivity index (χ1v) is 6.01. The molecule has 1 aliphatic carbocycles. The molecule has 1 heterocycles. The van der Waals surface area contributed by atoms with E-state index in [-0.39, 0.29) is 0 Å². The molecule has 1 fully saturated rings. The number of hydrogen-bond acceptors (Lipinski definition) is 3. The van der Waals surface area contributed by atoms with Gasteiger partial charge in [0.1, 0.15) is 5.41 Å². The zero-order valence-electron chi connectivity index (χ0n) is 10.0. The van der Waals surface area contributed by atoms with Gasteiger partial charge in [0.2, 0.25) is 0 Å². The number of rotatable bonds is 3. The van der Waals surface area contributed by atoms with Gasteiger partial charge in [0.15, 0.2) is 0 Å². The van der Waals surface area contributed by atoms with E-state index in [1.54, 1.807) is 6.20 Å². The van der Waals surface area contributed by atoms with Crippen LogP contribution in [0.5, 0.6) is 0 Å². The van der Waals surface area contributed by atoms with Gasteiger partial charge < -0.3 is 10.4 Å². The SMILES string of the molecule is CNC1CCC(C(=O)O)(c2ccccn2)CC1. The van der Waals surface area contributed by atoms with Gasteiger partial charge in [0, 0.05) is 12.2 Å². The second-order valence-corrected chi connectivity index (χ2v) is 4.67. The molecular weight excluding hydrogens is 216 g/mol. The molecule has 17 heavy (non-hydrogen) atoms. The second-order valence-electron chi connectivity index (χ2n) is 4.67. The molecule has 2 rings (SSSR count). The van der Waals surface area contributed by atoms with Crippen molar-refractivity contribution in [3.63, 3.8) is 0 Å². The number of aliphatic carboxylic acids is 1. The minimum atomic E-state index is -0.783. The molecule has 0 bridgehead atoms. The summed E-state index contributed by atoms with van der Waals surface area (Å²) < 4.78 is 0. The Balaban J connectivity index is 2.27. The summed E-state index contributed by atoms with van der Waals surface area (Å²) in [6, 6.07) is 5.94. The minimum absolute atomic E-state index is 0.436. The fourth-order valence-corrected chi connectivity index (χ4v) is 2.62. The smallest absolute Gasteiger partial charge is 0.315 e. The summed E-state index contributed by atoms with van der Waals surface area (Å²) in [4.78, 5) is 15.9. The van der Waals surface area contributed by atoms with Crippen molar-refractivity contribution in [3.8, 4) is 0 Å². The van der Waals surface area contributed by atoms with E-state index in [1.165, 1.54) is 0 Å². The van der Waals surface area contributed by atoms with Crippen LogP contribution in [-0.2, 0) is 10.2 Å². The fourth-order valence-electron chi connectivity index (χ4n) is 2.62. The van der Waals surface area contributed by atoms with Crippen molar-refractivity contribution in [1.82, 2.24) is 10.3 Å². The third kappa shape index (κ3) is 2.17. The molecule has 92 valence electrons.